The molecule has 0 saturated carbocycles. The van der Waals surface area contributed by atoms with Gasteiger partial charge in [0.15, 0.2) is 0 Å². The van der Waals surface area contributed by atoms with Gasteiger partial charge >= 0.3 is 0 Å². The average Bonchev–Trinajstić information content (AvgIpc) is 3.37. The van der Waals surface area contributed by atoms with E-state index in [0.717, 1.165) is 44.3 Å². The number of hydrogen-bond donors (Lipinski definition) is 4. The van der Waals surface area contributed by atoms with Crippen molar-refractivity contribution in [2.24, 2.45) is 17.0 Å². The third-order valence-electron chi connectivity index (χ3n) is 6.79. The second-order valence-corrected chi connectivity index (χ2v) is 10.5. The van der Waals surface area contributed by atoms with E-state index in [-0.39, 0.29) is 18.6 Å². The van der Waals surface area contributed by atoms with E-state index in [2.05, 4.69) is 24.8 Å². The third kappa shape index (κ3) is 6.21. The smallest absolute Gasteiger partial charge is 0.0562 e. The van der Waals surface area contributed by atoms with Crippen molar-refractivity contribution in [1.29, 1.82) is 0 Å². The number of hydrazine groups is 1. The van der Waals surface area contributed by atoms with Gasteiger partial charge in [-0.2, -0.15) is 0 Å². The van der Waals surface area contributed by atoms with E-state index >= 15 is 0 Å². The number of nitrogens with two attached hydrogens (primary N) is 2. The number of likely N-dealkylation sites (tertiary alicyclic amines) is 1. The molecule has 8 heteroatoms. The Morgan fingerprint density at radius 2 is 2.26 bits per heavy atom. The van der Waals surface area contributed by atoms with Crippen LogP contribution in [0.1, 0.15) is 54.3 Å². The van der Waals surface area contributed by atoms with Gasteiger partial charge in [0, 0.05) is 65.8 Å². The van der Waals surface area contributed by atoms with Crippen LogP contribution < -0.4 is 11.6 Å². The molecule has 176 valence electrons. The van der Waals surface area contributed by atoms with E-state index in [9.17, 15) is 10.2 Å². The summed E-state index contributed by atoms with van der Waals surface area (Å²) < 4.78 is 5.46. The van der Waals surface area contributed by atoms with Crippen molar-refractivity contribution >= 4 is 11.3 Å². The Balaban J connectivity index is 1.56. The van der Waals surface area contributed by atoms with Gasteiger partial charge in [0.05, 0.1) is 13.2 Å². The first-order valence-electron chi connectivity index (χ1n) is 11.5. The fourth-order valence-corrected chi connectivity index (χ4v) is 6.11. The maximum absolute atomic E-state index is 9.75. The van der Waals surface area contributed by atoms with Gasteiger partial charge in [-0.15, -0.1) is 11.3 Å². The van der Waals surface area contributed by atoms with Crippen molar-refractivity contribution in [3.63, 3.8) is 0 Å². The van der Waals surface area contributed by atoms with Crippen molar-refractivity contribution < 1.29 is 14.9 Å². The molecule has 2 aliphatic rings. The summed E-state index contributed by atoms with van der Waals surface area (Å²) in [6, 6.07) is 2.79. The van der Waals surface area contributed by atoms with Crippen molar-refractivity contribution in [3.8, 4) is 0 Å². The van der Waals surface area contributed by atoms with Gasteiger partial charge in [-0.3, -0.25) is 4.90 Å². The Bertz CT molecular complexity index is 732. The van der Waals surface area contributed by atoms with Gasteiger partial charge in [0.25, 0.3) is 0 Å². The van der Waals surface area contributed by atoms with Crippen LogP contribution in [-0.4, -0.2) is 72.2 Å². The first kappa shape index (κ1) is 24.5. The number of aliphatic hydroxyl groups excluding tert-OH is 2. The minimum absolute atomic E-state index is 0.0690. The number of piperidine rings is 1. The van der Waals surface area contributed by atoms with E-state index in [1.807, 2.05) is 11.3 Å². The van der Waals surface area contributed by atoms with Crippen LogP contribution in [0.3, 0.4) is 0 Å². The topological polar surface area (TPSA) is 108 Å². The largest absolute Gasteiger partial charge is 0.400 e. The van der Waals surface area contributed by atoms with Crippen LogP contribution in [0.15, 0.2) is 18.0 Å². The van der Waals surface area contributed by atoms with E-state index in [0.29, 0.717) is 38.3 Å². The van der Waals surface area contributed by atoms with E-state index in [1.54, 1.807) is 11.2 Å². The number of rotatable bonds is 10. The van der Waals surface area contributed by atoms with Crippen LogP contribution in [0.5, 0.6) is 0 Å². The first-order valence-corrected chi connectivity index (χ1v) is 12.3. The van der Waals surface area contributed by atoms with Crippen molar-refractivity contribution in [2.75, 3.05) is 46.1 Å². The van der Waals surface area contributed by atoms with Gasteiger partial charge in [-0.25, -0.2) is 5.84 Å². The number of aryl methyl sites for hydroxylation is 1. The van der Waals surface area contributed by atoms with E-state index in [1.165, 1.54) is 15.3 Å². The molecule has 3 heterocycles. The predicted octanol–water partition coefficient (Wildman–Crippen LogP) is 1.79. The number of nitrogens with zero attached hydrogens (tertiary/aromatic N) is 2. The Morgan fingerprint density at radius 3 is 2.87 bits per heavy atom. The monoisotopic (exact) mass is 452 g/mol. The van der Waals surface area contributed by atoms with Gasteiger partial charge in [-0.05, 0) is 56.7 Å². The van der Waals surface area contributed by atoms with Gasteiger partial charge < -0.3 is 25.7 Å². The second kappa shape index (κ2) is 11.1. The molecular weight excluding hydrogens is 412 g/mol. The van der Waals surface area contributed by atoms with Gasteiger partial charge in [-0.1, -0.05) is 6.92 Å². The molecule has 3 unspecified atom stereocenters. The molecule has 2 fully saturated rings. The minimum Gasteiger partial charge on any atom is -0.400 e. The zero-order valence-electron chi connectivity index (χ0n) is 19.1. The average molecular weight is 453 g/mol. The fourth-order valence-electron chi connectivity index (χ4n) is 4.93. The second-order valence-electron chi connectivity index (χ2n) is 9.30. The zero-order valence-corrected chi connectivity index (χ0v) is 19.9. The summed E-state index contributed by atoms with van der Waals surface area (Å²) >= 11 is 1.86. The standard InChI is InChI=1S/C23H40N4O3S/c1-3-20-11-21(22(31-20)5-8-28)18-4-7-26(17(2)10-18)12-19(24)13-27(25)14-23(15-29)6-9-30-16-23/h11,13,17-18,28-29H,3-10,12,14-16,24-25H2,1-2H3/b19-13-. The molecule has 6 N–H and O–H groups in total. The molecule has 0 spiro atoms. The Labute approximate surface area is 190 Å². The Kier molecular flexibility index (Phi) is 8.78. The lowest BCUT2D eigenvalue weighted by Gasteiger charge is -2.38. The number of aliphatic hydroxyl groups is 2. The molecular formula is C23H40N4O3S. The lowest BCUT2D eigenvalue weighted by Crippen LogP contribution is -2.44. The summed E-state index contributed by atoms with van der Waals surface area (Å²) in [7, 11) is 0. The Morgan fingerprint density at radius 1 is 1.45 bits per heavy atom. The molecule has 1 aromatic rings. The number of thiophene rings is 1. The molecule has 0 aliphatic carbocycles. The first-order chi connectivity index (χ1) is 14.9. The van der Waals surface area contributed by atoms with Crippen LogP contribution >= 0.6 is 11.3 Å². The molecule has 1 aromatic heterocycles. The van der Waals surface area contributed by atoms with Crippen molar-refractivity contribution in [3.05, 3.63) is 33.3 Å². The van der Waals surface area contributed by atoms with Crippen LogP contribution in [0.4, 0.5) is 0 Å². The summed E-state index contributed by atoms with van der Waals surface area (Å²) in [5, 5.41) is 20.8. The summed E-state index contributed by atoms with van der Waals surface area (Å²) in [4.78, 5) is 5.20. The predicted molar refractivity (Wildman–Crippen MR) is 126 cm³/mol. The fraction of sp³-hybridized carbons (Fsp3) is 0.739. The zero-order chi connectivity index (χ0) is 22.4. The van der Waals surface area contributed by atoms with E-state index in [4.69, 9.17) is 16.3 Å². The normalized spacial score (nSPS) is 27.7. The lowest BCUT2D eigenvalue weighted by atomic mass is 9.85. The van der Waals surface area contributed by atoms with Crippen LogP contribution in [0.2, 0.25) is 0 Å². The molecule has 3 atom stereocenters. The Hall–Kier alpha value is -1.16. The summed E-state index contributed by atoms with van der Waals surface area (Å²) in [5.74, 6) is 6.73. The molecule has 0 amide bonds. The number of hydrogen-bond acceptors (Lipinski definition) is 8. The summed E-state index contributed by atoms with van der Waals surface area (Å²) in [6.45, 7) is 8.18. The van der Waals surface area contributed by atoms with Gasteiger partial charge in [0.2, 0.25) is 0 Å². The third-order valence-corrected chi connectivity index (χ3v) is 8.14. The molecule has 3 rings (SSSR count). The maximum Gasteiger partial charge on any atom is 0.0562 e. The number of ether oxygens (including phenoxy) is 1. The molecule has 7 nitrogen and oxygen atoms in total. The highest BCUT2D eigenvalue weighted by Crippen LogP contribution is 2.37. The lowest BCUT2D eigenvalue weighted by molar-refractivity contribution is 0.0692. The molecule has 2 saturated heterocycles. The van der Waals surface area contributed by atoms with Crippen LogP contribution in [0, 0.1) is 5.41 Å². The molecule has 0 bridgehead atoms. The van der Waals surface area contributed by atoms with Crippen molar-refractivity contribution in [2.45, 2.75) is 57.9 Å². The van der Waals surface area contributed by atoms with E-state index < -0.39 is 0 Å². The quantitative estimate of drug-likeness (QED) is 0.317. The minimum atomic E-state index is -0.290. The van der Waals surface area contributed by atoms with Crippen molar-refractivity contribution in [1.82, 2.24) is 9.91 Å². The summed E-state index contributed by atoms with van der Waals surface area (Å²) in [6.07, 6.45) is 6.64. The SMILES string of the molecule is CCc1cc(C2CCN(C/C(N)=C/N(N)CC3(CO)CCOC3)C(C)C2)c(CCO)s1. The van der Waals surface area contributed by atoms with Crippen LogP contribution in [0.25, 0.3) is 0 Å². The highest BCUT2D eigenvalue weighted by atomic mass is 32.1. The highest BCUT2D eigenvalue weighted by molar-refractivity contribution is 7.12. The molecule has 0 radical (unpaired) electrons. The summed E-state index contributed by atoms with van der Waals surface area (Å²) in [5.41, 5.74) is 8.24. The molecule has 0 aromatic carbocycles. The molecule has 2 aliphatic heterocycles. The van der Waals surface area contributed by atoms with Crippen LogP contribution in [-0.2, 0) is 17.6 Å². The van der Waals surface area contributed by atoms with Gasteiger partial charge in [0.1, 0.15) is 0 Å². The molecule has 31 heavy (non-hydrogen) atoms. The highest BCUT2D eigenvalue weighted by Gasteiger charge is 2.35. The maximum atomic E-state index is 9.75.